The molecule has 0 heterocycles. The first-order valence-electron chi connectivity index (χ1n) is 8.17. The SMILES string of the molecule is [N]CCN(CCN(CCN(CC[N])CP(=O)(O)O)CP(=O)(O)O)CP(=O)(O)O. The quantitative estimate of drug-likeness (QED) is 0.129. The van der Waals surface area contributed by atoms with Crippen LogP contribution < -0.4 is 11.5 Å². The lowest BCUT2D eigenvalue weighted by molar-refractivity contribution is 0.193. The van der Waals surface area contributed by atoms with Gasteiger partial charge >= 0.3 is 22.8 Å². The monoisotopic (exact) mass is 467 g/mol. The molecule has 0 saturated heterocycles. The van der Waals surface area contributed by atoms with Gasteiger partial charge < -0.3 is 29.4 Å². The molecule has 6 N–H and O–H groups in total. The Morgan fingerprint density at radius 3 is 0.893 bits per heavy atom. The van der Waals surface area contributed by atoms with Crippen LogP contribution >= 0.6 is 22.8 Å². The summed E-state index contributed by atoms with van der Waals surface area (Å²) in [7, 11) is -13.3. The molecule has 0 aromatic carbocycles. The number of rotatable bonds is 16. The highest BCUT2D eigenvalue weighted by atomic mass is 31.2. The molecule has 0 aliphatic rings. The third-order valence-electron chi connectivity index (χ3n) is 3.45. The van der Waals surface area contributed by atoms with Crippen LogP contribution in [0.15, 0.2) is 0 Å². The lowest BCUT2D eigenvalue weighted by Crippen LogP contribution is -2.42. The Kier molecular flexibility index (Phi) is 12.9. The maximum Gasteiger partial charge on any atom is 0.339 e. The predicted octanol–water partition coefficient (Wildman–Crippen LogP) is -2.56. The van der Waals surface area contributed by atoms with Gasteiger partial charge in [-0.15, -0.1) is 11.5 Å². The Morgan fingerprint density at radius 1 is 0.500 bits per heavy atom. The smallest absolute Gasteiger partial charge is 0.324 e. The first-order chi connectivity index (χ1) is 12.6. The maximum absolute atomic E-state index is 11.3. The van der Waals surface area contributed by atoms with E-state index in [0.29, 0.717) is 0 Å². The van der Waals surface area contributed by atoms with Gasteiger partial charge in [0.05, 0.1) is 0 Å². The summed E-state index contributed by atoms with van der Waals surface area (Å²) in [4.78, 5) is 58.4. The third-order valence-corrected chi connectivity index (χ3v) is 5.76. The fraction of sp³-hybridized carbons (Fsp3) is 1.00. The summed E-state index contributed by atoms with van der Waals surface area (Å²) >= 11 is 0. The summed E-state index contributed by atoms with van der Waals surface area (Å²) < 4.78 is 33.6. The fourth-order valence-electron chi connectivity index (χ4n) is 2.39. The van der Waals surface area contributed by atoms with E-state index in [1.807, 2.05) is 0 Å². The molecule has 0 spiro atoms. The van der Waals surface area contributed by atoms with Gasteiger partial charge in [0.25, 0.3) is 0 Å². The van der Waals surface area contributed by atoms with E-state index in [9.17, 15) is 23.5 Å². The maximum atomic E-state index is 11.3. The van der Waals surface area contributed by atoms with Crippen LogP contribution in [-0.2, 0) is 13.7 Å². The highest BCUT2D eigenvalue weighted by molar-refractivity contribution is 7.52. The first-order valence-corrected chi connectivity index (χ1v) is 13.6. The molecular formula is C11H28N5O9P3. The van der Waals surface area contributed by atoms with E-state index >= 15 is 0 Å². The minimum atomic E-state index is -4.47. The molecule has 0 saturated carbocycles. The molecule has 0 aromatic heterocycles. The molecule has 0 aromatic rings. The van der Waals surface area contributed by atoms with Crippen molar-refractivity contribution in [1.82, 2.24) is 26.2 Å². The minimum Gasteiger partial charge on any atom is -0.324 e. The molecule has 0 aliphatic carbocycles. The van der Waals surface area contributed by atoms with Gasteiger partial charge in [-0.05, 0) is 0 Å². The summed E-state index contributed by atoms with van der Waals surface area (Å²) in [6.45, 7) is -0.903. The molecule has 0 amide bonds. The lowest BCUT2D eigenvalue weighted by atomic mass is 10.4. The van der Waals surface area contributed by atoms with Gasteiger partial charge in [0.1, 0.15) is 18.9 Å². The number of nitrogens with zero attached hydrogens (tertiary/aromatic N) is 5. The largest absolute Gasteiger partial charge is 0.339 e. The molecule has 0 bridgehead atoms. The van der Waals surface area contributed by atoms with Crippen molar-refractivity contribution in [3.63, 3.8) is 0 Å². The van der Waals surface area contributed by atoms with E-state index in [1.54, 1.807) is 0 Å². The van der Waals surface area contributed by atoms with Gasteiger partial charge in [-0.25, -0.2) is 0 Å². The molecule has 0 atom stereocenters. The van der Waals surface area contributed by atoms with Crippen molar-refractivity contribution in [2.24, 2.45) is 0 Å². The Balaban J connectivity index is 4.98. The van der Waals surface area contributed by atoms with E-state index in [0.717, 1.165) is 0 Å². The van der Waals surface area contributed by atoms with Gasteiger partial charge in [0, 0.05) is 52.4 Å². The van der Waals surface area contributed by atoms with Gasteiger partial charge in [-0.1, -0.05) is 0 Å². The molecular weight excluding hydrogens is 439 g/mol. The Bertz CT molecular complexity index is 542. The highest BCUT2D eigenvalue weighted by Crippen LogP contribution is 2.37. The third kappa shape index (κ3) is 17.1. The van der Waals surface area contributed by atoms with E-state index in [1.165, 1.54) is 14.7 Å². The minimum absolute atomic E-state index is 0.00976. The zero-order valence-electron chi connectivity index (χ0n) is 15.3. The number of hydrogen-bond donors (Lipinski definition) is 6. The van der Waals surface area contributed by atoms with Crippen LogP contribution in [0.3, 0.4) is 0 Å². The molecule has 0 unspecified atom stereocenters. The normalized spacial score (nSPS) is 13.8. The van der Waals surface area contributed by atoms with Gasteiger partial charge in [0.15, 0.2) is 0 Å². The van der Waals surface area contributed by atoms with Gasteiger partial charge in [-0.3, -0.25) is 28.4 Å². The van der Waals surface area contributed by atoms with Crippen LogP contribution in [0.25, 0.3) is 0 Å². The molecule has 0 rings (SSSR count). The summed E-state index contributed by atoms with van der Waals surface area (Å²) in [6, 6.07) is 0. The Labute approximate surface area is 164 Å². The molecule has 14 nitrogen and oxygen atoms in total. The fourth-order valence-corrected chi connectivity index (χ4v) is 4.80. The van der Waals surface area contributed by atoms with Crippen molar-refractivity contribution < 1.29 is 43.1 Å². The highest BCUT2D eigenvalue weighted by Gasteiger charge is 2.24. The van der Waals surface area contributed by atoms with Crippen LogP contribution in [0.4, 0.5) is 0 Å². The lowest BCUT2D eigenvalue weighted by Gasteiger charge is -2.30. The van der Waals surface area contributed by atoms with Crippen molar-refractivity contribution >= 4 is 22.8 Å². The second-order valence-corrected chi connectivity index (χ2v) is 11.1. The van der Waals surface area contributed by atoms with Crippen LogP contribution in [0.1, 0.15) is 0 Å². The zero-order chi connectivity index (χ0) is 22.0. The zero-order valence-corrected chi connectivity index (χ0v) is 17.9. The van der Waals surface area contributed by atoms with Crippen LogP contribution in [0, 0.1) is 0 Å². The second-order valence-electron chi connectivity index (χ2n) is 6.22. The standard InChI is InChI=1S/C11H28N5O9P3/c12-1-3-14(9-26(17,18)19)5-7-16(11-28(23,24)25)8-6-15(4-2-13)10-27(20,21)22/h1-11H2,(H2,17,18,19)(H2,20,21,22)(H2,23,24,25). The average Bonchev–Trinajstić information content (AvgIpc) is 2.45. The molecule has 166 valence electrons. The van der Waals surface area contributed by atoms with Crippen molar-refractivity contribution in [2.75, 3.05) is 71.2 Å². The van der Waals surface area contributed by atoms with Gasteiger partial charge in [0.2, 0.25) is 0 Å². The molecule has 0 fully saturated rings. The summed E-state index contributed by atoms with van der Waals surface area (Å²) in [5.41, 5.74) is 18.0. The topological polar surface area (TPSA) is 227 Å². The van der Waals surface area contributed by atoms with Gasteiger partial charge in [-0.2, -0.15) is 0 Å². The van der Waals surface area contributed by atoms with Crippen molar-refractivity contribution in [2.45, 2.75) is 0 Å². The second kappa shape index (κ2) is 12.8. The first kappa shape index (κ1) is 28.2. The van der Waals surface area contributed by atoms with Crippen LogP contribution in [0.5, 0.6) is 0 Å². The van der Waals surface area contributed by atoms with Crippen LogP contribution in [-0.4, -0.2) is 115 Å². The van der Waals surface area contributed by atoms with Crippen LogP contribution in [0.2, 0.25) is 0 Å². The Morgan fingerprint density at radius 2 is 0.714 bits per heavy atom. The average molecular weight is 467 g/mol. The van der Waals surface area contributed by atoms with E-state index in [4.69, 9.17) is 31.0 Å². The van der Waals surface area contributed by atoms with E-state index < -0.39 is 41.6 Å². The van der Waals surface area contributed by atoms with Crippen molar-refractivity contribution in [3.8, 4) is 0 Å². The molecule has 17 heteroatoms. The molecule has 0 aliphatic heterocycles. The summed E-state index contributed by atoms with van der Waals surface area (Å²) in [5.74, 6) is 0. The van der Waals surface area contributed by atoms with E-state index in [2.05, 4.69) is 0 Å². The molecule has 4 radical (unpaired) electrons. The summed E-state index contributed by atoms with van der Waals surface area (Å²) in [6.07, 6.45) is -1.93. The predicted molar refractivity (Wildman–Crippen MR) is 99.5 cm³/mol. The summed E-state index contributed by atoms with van der Waals surface area (Å²) in [5, 5.41) is 0. The van der Waals surface area contributed by atoms with Crippen molar-refractivity contribution in [3.05, 3.63) is 0 Å². The van der Waals surface area contributed by atoms with Crippen molar-refractivity contribution in [1.29, 1.82) is 0 Å². The van der Waals surface area contributed by atoms with E-state index in [-0.39, 0.29) is 52.4 Å². The Hall–Kier alpha value is 0.250. The molecule has 28 heavy (non-hydrogen) atoms. The number of hydrogen-bond acceptors (Lipinski definition) is 6.